The number of hydrogen-bond donors (Lipinski definition) is 2. The molecule has 16 heavy (non-hydrogen) atoms. The molecular weight excluding hydrogens is 208 g/mol. The smallest absolute Gasteiger partial charge is 0.328 e. The number of nitrogens with zero attached hydrogens (tertiary/aromatic N) is 3. The average molecular weight is 220 g/mol. The first kappa shape index (κ1) is 10.6. The van der Waals surface area contributed by atoms with Gasteiger partial charge in [-0.2, -0.15) is 0 Å². The lowest BCUT2D eigenvalue weighted by Crippen LogP contribution is -2.26. The van der Waals surface area contributed by atoms with E-state index in [0.717, 1.165) is 5.56 Å². The summed E-state index contributed by atoms with van der Waals surface area (Å²) >= 11 is 0. The van der Waals surface area contributed by atoms with Crippen LogP contribution in [0.1, 0.15) is 17.4 Å². The van der Waals surface area contributed by atoms with Gasteiger partial charge in [-0.05, 0) is 25.6 Å². The van der Waals surface area contributed by atoms with Crippen molar-refractivity contribution in [3.05, 3.63) is 29.7 Å². The molecule has 0 aliphatic heterocycles. The van der Waals surface area contributed by atoms with Crippen LogP contribution in [0.25, 0.3) is 5.65 Å². The van der Waals surface area contributed by atoms with Gasteiger partial charge in [-0.1, -0.05) is 6.07 Å². The van der Waals surface area contributed by atoms with Crippen LogP contribution in [0.3, 0.4) is 0 Å². The largest absolute Gasteiger partial charge is 0.480 e. The van der Waals surface area contributed by atoms with E-state index in [-0.39, 0.29) is 5.82 Å². The molecule has 0 bridgehead atoms. The van der Waals surface area contributed by atoms with Gasteiger partial charge in [0.1, 0.15) is 0 Å². The number of rotatable bonds is 3. The molecule has 1 atom stereocenters. The van der Waals surface area contributed by atoms with Crippen molar-refractivity contribution in [2.24, 2.45) is 0 Å². The second-order valence-corrected chi connectivity index (χ2v) is 3.54. The lowest BCUT2D eigenvalue weighted by Gasteiger charge is -2.04. The fourth-order valence-electron chi connectivity index (χ4n) is 1.49. The number of fused-ring (bicyclic) bond motifs is 1. The maximum Gasteiger partial charge on any atom is 0.328 e. The Morgan fingerprint density at radius 2 is 2.31 bits per heavy atom. The third-order valence-electron chi connectivity index (χ3n) is 2.29. The fraction of sp³-hybridized carbons (Fsp3) is 0.300. The molecule has 6 nitrogen and oxygen atoms in total. The average Bonchev–Trinajstić information content (AvgIpc) is 2.60. The highest BCUT2D eigenvalue weighted by Gasteiger charge is 2.22. The predicted molar refractivity (Wildman–Crippen MR) is 57.2 cm³/mol. The number of pyridine rings is 1. The van der Waals surface area contributed by atoms with Crippen LogP contribution in [-0.2, 0) is 4.79 Å². The SMILES string of the molecule is CNC(C(=O)O)c1nc2ccc(C)cn2n1. The zero-order valence-electron chi connectivity index (χ0n) is 9.01. The van der Waals surface area contributed by atoms with Crippen LogP contribution in [0.2, 0.25) is 0 Å². The number of nitrogens with one attached hydrogen (secondary N) is 1. The van der Waals surface area contributed by atoms with Gasteiger partial charge < -0.3 is 10.4 Å². The molecule has 0 fully saturated rings. The summed E-state index contributed by atoms with van der Waals surface area (Å²) in [4.78, 5) is 15.1. The lowest BCUT2D eigenvalue weighted by molar-refractivity contribution is -0.139. The Bertz CT molecular complexity index is 535. The number of carboxylic acids is 1. The van der Waals surface area contributed by atoms with E-state index in [1.165, 1.54) is 0 Å². The predicted octanol–water partition coefficient (Wildman–Crippen LogP) is 0.383. The molecule has 0 spiro atoms. The molecule has 0 saturated heterocycles. The van der Waals surface area contributed by atoms with Crippen LogP contribution >= 0.6 is 0 Å². The van der Waals surface area contributed by atoms with Gasteiger partial charge in [0.2, 0.25) is 0 Å². The van der Waals surface area contributed by atoms with Gasteiger partial charge in [0.05, 0.1) is 0 Å². The van der Waals surface area contributed by atoms with E-state index in [9.17, 15) is 4.79 Å². The zero-order chi connectivity index (χ0) is 11.7. The van der Waals surface area contributed by atoms with E-state index in [0.29, 0.717) is 5.65 Å². The lowest BCUT2D eigenvalue weighted by atomic mass is 10.3. The summed E-state index contributed by atoms with van der Waals surface area (Å²) in [5.41, 5.74) is 1.68. The number of aromatic nitrogens is 3. The van der Waals surface area contributed by atoms with E-state index >= 15 is 0 Å². The van der Waals surface area contributed by atoms with Crippen molar-refractivity contribution < 1.29 is 9.90 Å². The molecule has 2 N–H and O–H groups in total. The molecule has 2 heterocycles. The zero-order valence-corrected chi connectivity index (χ0v) is 9.01. The first-order valence-corrected chi connectivity index (χ1v) is 4.85. The van der Waals surface area contributed by atoms with Crippen LogP contribution in [0.5, 0.6) is 0 Å². The second kappa shape index (κ2) is 3.90. The third-order valence-corrected chi connectivity index (χ3v) is 2.29. The van der Waals surface area contributed by atoms with Crippen molar-refractivity contribution in [3.63, 3.8) is 0 Å². The Morgan fingerprint density at radius 3 is 2.94 bits per heavy atom. The van der Waals surface area contributed by atoms with E-state index in [1.54, 1.807) is 23.8 Å². The first-order chi connectivity index (χ1) is 7.61. The second-order valence-electron chi connectivity index (χ2n) is 3.54. The van der Waals surface area contributed by atoms with Crippen molar-refractivity contribution in [2.75, 3.05) is 7.05 Å². The number of hydrogen-bond acceptors (Lipinski definition) is 4. The van der Waals surface area contributed by atoms with Crippen LogP contribution in [0.15, 0.2) is 18.3 Å². The topological polar surface area (TPSA) is 79.5 Å². The van der Waals surface area contributed by atoms with E-state index < -0.39 is 12.0 Å². The summed E-state index contributed by atoms with van der Waals surface area (Å²) in [6, 6.07) is 2.84. The highest BCUT2D eigenvalue weighted by molar-refractivity contribution is 5.74. The van der Waals surface area contributed by atoms with Gasteiger partial charge in [-0.3, -0.25) is 4.79 Å². The molecule has 0 aliphatic rings. The summed E-state index contributed by atoms with van der Waals surface area (Å²) in [5.74, 6) is -0.726. The van der Waals surface area contributed by atoms with E-state index in [2.05, 4.69) is 15.4 Å². The Balaban J connectivity index is 2.49. The summed E-state index contributed by atoms with van der Waals surface area (Å²) in [7, 11) is 1.57. The molecule has 0 aromatic carbocycles. The Morgan fingerprint density at radius 1 is 1.56 bits per heavy atom. The molecule has 0 aliphatic carbocycles. The molecule has 2 rings (SSSR count). The highest BCUT2D eigenvalue weighted by atomic mass is 16.4. The maximum atomic E-state index is 10.9. The third kappa shape index (κ3) is 1.74. The number of likely N-dealkylation sites (N-methyl/N-ethyl adjacent to an activating group) is 1. The Kier molecular flexibility index (Phi) is 2.57. The van der Waals surface area contributed by atoms with Gasteiger partial charge >= 0.3 is 5.97 Å². The molecule has 1 unspecified atom stereocenters. The molecule has 2 aromatic heterocycles. The quantitative estimate of drug-likeness (QED) is 0.781. The van der Waals surface area contributed by atoms with Crippen molar-refractivity contribution in [1.29, 1.82) is 0 Å². The van der Waals surface area contributed by atoms with Gasteiger partial charge in [-0.25, -0.2) is 9.50 Å². The summed E-state index contributed by atoms with van der Waals surface area (Å²) < 4.78 is 1.58. The molecule has 2 aromatic rings. The van der Waals surface area contributed by atoms with E-state index in [1.807, 2.05) is 13.0 Å². The summed E-state index contributed by atoms with van der Waals surface area (Å²) in [6.07, 6.45) is 1.81. The standard InChI is InChI=1S/C10H12N4O2/c1-6-3-4-7-12-9(13-14(7)5-6)8(11-2)10(15)16/h3-5,8,11H,1-2H3,(H,15,16). The Hall–Kier alpha value is -1.95. The molecular formula is C10H12N4O2. The van der Waals surface area contributed by atoms with Gasteiger partial charge in [0.15, 0.2) is 17.5 Å². The number of carbonyl (C=O) groups is 1. The summed E-state index contributed by atoms with van der Waals surface area (Å²) in [6.45, 7) is 1.94. The minimum atomic E-state index is -0.991. The van der Waals surface area contributed by atoms with Gasteiger partial charge in [-0.15, -0.1) is 5.10 Å². The first-order valence-electron chi connectivity index (χ1n) is 4.85. The van der Waals surface area contributed by atoms with Crippen LogP contribution in [0.4, 0.5) is 0 Å². The number of aryl methyl sites for hydroxylation is 1. The normalized spacial score (nSPS) is 12.9. The van der Waals surface area contributed by atoms with Crippen molar-refractivity contribution >= 4 is 11.6 Å². The van der Waals surface area contributed by atoms with Crippen molar-refractivity contribution in [2.45, 2.75) is 13.0 Å². The Labute approximate surface area is 91.9 Å². The van der Waals surface area contributed by atoms with Crippen LogP contribution in [-0.4, -0.2) is 32.7 Å². The minimum Gasteiger partial charge on any atom is -0.480 e. The van der Waals surface area contributed by atoms with E-state index in [4.69, 9.17) is 5.11 Å². The highest BCUT2D eigenvalue weighted by Crippen LogP contribution is 2.10. The van der Waals surface area contributed by atoms with Crippen molar-refractivity contribution in [1.82, 2.24) is 19.9 Å². The van der Waals surface area contributed by atoms with Gasteiger partial charge in [0.25, 0.3) is 0 Å². The number of aliphatic carboxylic acids is 1. The minimum absolute atomic E-state index is 0.264. The van der Waals surface area contributed by atoms with Crippen LogP contribution < -0.4 is 5.32 Å². The molecule has 84 valence electrons. The molecule has 6 heteroatoms. The van der Waals surface area contributed by atoms with Gasteiger partial charge in [0, 0.05) is 6.20 Å². The van der Waals surface area contributed by atoms with Crippen LogP contribution in [0, 0.1) is 6.92 Å². The molecule has 0 saturated carbocycles. The number of carboxylic acid groups (broad SMARTS) is 1. The van der Waals surface area contributed by atoms with Crippen molar-refractivity contribution in [3.8, 4) is 0 Å². The molecule has 0 radical (unpaired) electrons. The molecule has 0 amide bonds. The summed E-state index contributed by atoms with van der Waals surface area (Å²) in [5, 5.41) is 15.7. The fourth-order valence-corrected chi connectivity index (χ4v) is 1.49. The monoisotopic (exact) mass is 220 g/mol. The maximum absolute atomic E-state index is 10.9.